The number of alkyl carbamates (subject to hydrolysis) is 2. The Bertz CT molecular complexity index is 1830. The minimum atomic E-state index is -0.599. The van der Waals surface area contributed by atoms with Crippen LogP contribution in [0.15, 0.2) is 35.9 Å². The molecule has 1 aromatic carbocycles. The van der Waals surface area contributed by atoms with Gasteiger partial charge >= 0.3 is 18.3 Å². The Balaban J connectivity index is 1.12. The second-order valence-corrected chi connectivity index (χ2v) is 25.4. The van der Waals surface area contributed by atoms with Crippen LogP contribution in [0.5, 0.6) is 5.75 Å². The lowest BCUT2D eigenvalue weighted by Crippen LogP contribution is -2.51. The van der Waals surface area contributed by atoms with Gasteiger partial charge in [-0.15, -0.1) is 0 Å². The molecule has 0 aliphatic heterocycles. The van der Waals surface area contributed by atoms with E-state index in [1.807, 2.05) is 77.6 Å². The first kappa shape index (κ1) is 56.5. The minimum absolute atomic E-state index is 0.121. The Morgan fingerprint density at radius 1 is 0.783 bits per heavy atom. The molecule has 4 aliphatic rings. The highest BCUT2D eigenvalue weighted by Gasteiger charge is 2.59. The number of methoxy groups -OCH3 is 1. The van der Waals surface area contributed by atoms with E-state index in [-0.39, 0.29) is 24.2 Å². The summed E-state index contributed by atoms with van der Waals surface area (Å²) in [4.78, 5) is 41.5. The van der Waals surface area contributed by atoms with E-state index >= 15 is 0 Å². The third kappa shape index (κ3) is 15.8. The molecule has 0 heterocycles. The molecule has 0 radical (unpaired) electrons. The standard InChI is InChI=1S/C59H99N3O7/c1-15-44(41(2)3)24-21-42(4)49-29-30-50-48-28-25-45-39-47(31-34-58(45,12)51(48)32-35-59(49,50)13)68-54(65)62(38-36-57(10,11)61-53(64)69-55(5,6)7)37-20-18-16-17-19-33-56(8,9)60-52(63)67-40-43-22-26-46(66-14)27-23-43/h22-23,25-27,41-42,44,47-51H,15-21,24,28-40H2,1-14H3,(H,60,63)(H,61,64)/t42-,44-,47+,48+,49-,50+,51+,58+,59-/m1/s1. The van der Waals surface area contributed by atoms with Gasteiger partial charge in [0.1, 0.15) is 24.1 Å². The Kier molecular flexibility index (Phi) is 19.9. The number of nitrogens with zero attached hydrogens (tertiary/aromatic N) is 1. The normalized spacial score (nSPS) is 26.7. The van der Waals surface area contributed by atoms with Crippen LogP contribution in [0, 0.1) is 52.3 Å². The fraction of sp³-hybridized carbons (Fsp3) is 0.814. The van der Waals surface area contributed by atoms with Gasteiger partial charge < -0.3 is 34.5 Å². The zero-order valence-corrected chi connectivity index (χ0v) is 46.2. The summed E-state index contributed by atoms with van der Waals surface area (Å²) in [5.41, 5.74) is 1.51. The molecule has 0 bridgehead atoms. The highest BCUT2D eigenvalue weighted by atomic mass is 16.6. The van der Waals surface area contributed by atoms with Crippen molar-refractivity contribution in [2.45, 2.75) is 235 Å². The maximum absolute atomic E-state index is 14.2. The molecule has 2 N–H and O–H groups in total. The van der Waals surface area contributed by atoms with Gasteiger partial charge in [0.2, 0.25) is 0 Å². The summed E-state index contributed by atoms with van der Waals surface area (Å²) in [5.74, 6) is 6.34. The minimum Gasteiger partial charge on any atom is -0.497 e. The summed E-state index contributed by atoms with van der Waals surface area (Å²) < 4.78 is 22.8. The summed E-state index contributed by atoms with van der Waals surface area (Å²) in [6.45, 7) is 29.9. The van der Waals surface area contributed by atoms with Crippen LogP contribution < -0.4 is 15.4 Å². The first-order valence-electron chi connectivity index (χ1n) is 27.6. The highest BCUT2D eigenvalue weighted by molar-refractivity contribution is 5.69. The Hall–Kier alpha value is -3.43. The number of carbonyl (C=O) groups is 3. The lowest BCUT2D eigenvalue weighted by molar-refractivity contribution is -0.0596. The van der Waals surface area contributed by atoms with Crippen LogP contribution in [0.4, 0.5) is 14.4 Å². The quantitative estimate of drug-likeness (QED) is 0.0637. The van der Waals surface area contributed by atoms with Crippen LogP contribution in [-0.4, -0.2) is 66.2 Å². The van der Waals surface area contributed by atoms with Gasteiger partial charge in [0.05, 0.1) is 7.11 Å². The van der Waals surface area contributed by atoms with Crippen LogP contribution >= 0.6 is 0 Å². The number of carbonyl (C=O) groups excluding carboxylic acids is 3. The summed E-state index contributed by atoms with van der Waals surface area (Å²) >= 11 is 0. The molecule has 0 spiro atoms. The largest absolute Gasteiger partial charge is 0.497 e. The Morgan fingerprint density at radius 3 is 2.12 bits per heavy atom. The zero-order chi connectivity index (χ0) is 50.8. The van der Waals surface area contributed by atoms with E-state index in [0.717, 1.165) is 111 Å². The van der Waals surface area contributed by atoms with Gasteiger partial charge in [-0.05, 0) is 189 Å². The summed E-state index contributed by atoms with van der Waals surface area (Å²) in [7, 11) is 1.63. The van der Waals surface area contributed by atoms with Crippen molar-refractivity contribution in [1.29, 1.82) is 0 Å². The van der Waals surface area contributed by atoms with Crippen LogP contribution in [0.1, 0.15) is 211 Å². The predicted octanol–water partition coefficient (Wildman–Crippen LogP) is 15.2. The summed E-state index contributed by atoms with van der Waals surface area (Å²) in [6, 6.07) is 7.49. The maximum Gasteiger partial charge on any atom is 0.410 e. The van der Waals surface area contributed by atoms with Gasteiger partial charge in [-0.3, -0.25) is 0 Å². The third-order valence-corrected chi connectivity index (χ3v) is 17.8. The van der Waals surface area contributed by atoms with Crippen molar-refractivity contribution in [1.82, 2.24) is 15.5 Å². The first-order valence-corrected chi connectivity index (χ1v) is 27.6. The average Bonchev–Trinajstić information content (AvgIpc) is 3.62. The van der Waals surface area contributed by atoms with Gasteiger partial charge in [-0.2, -0.15) is 0 Å². The van der Waals surface area contributed by atoms with E-state index in [9.17, 15) is 14.4 Å². The van der Waals surface area contributed by atoms with E-state index in [4.69, 9.17) is 18.9 Å². The van der Waals surface area contributed by atoms with Gasteiger partial charge in [0.25, 0.3) is 0 Å². The van der Waals surface area contributed by atoms with Crippen molar-refractivity contribution in [3.05, 3.63) is 41.5 Å². The third-order valence-electron chi connectivity index (χ3n) is 17.8. The first-order chi connectivity index (χ1) is 32.4. The molecule has 3 saturated carbocycles. The van der Waals surface area contributed by atoms with Crippen molar-refractivity contribution < 1.29 is 33.3 Å². The average molecular weight is 962 g/mol. The van der Waals surface area contributed by atoms with Crippen molar-refractivity contribution in [3.8, 4) is 5.75 Å². The van der Waals surface area contributed by atoms with Crippen molar-refractivity contribution in [3.63, 3.8) is 0 Å². The molecule has 3 fully saturated rings. The highest BCUT2D eigenvalue weighted by Crippen LogP contribution is 2.67. The number of unbranched alkanes of at least 4 members (excludes halogenated alkanes) is 4. The Labute approximate surface area is 420 Å². The van der Waals surface area contributed by atoms with Crippen molar-refractivity contribution in [2.75, 3.05) is 20.2 Å². The molecule has 9 atom stereocenters. The van der Waals surface area contributed by atoms with Gasteiger partial charge in [0.15, 0.2) is 0 Å². The van der Waals surface area contributed by atoms with Gasteiger partial charge in [-0.1, -0.05) is 104 Å². The summed E-state index contributed by atoms with van der Waals surface area (Å²) in [5, 5.41) is 6.07. The molecule has 5 rings (SSSR count). The number of hydrogen-bond acceptors (Lipinski definition) is 7. The predicted molar refractivity (Wildman–Crippen MR) is 280 cm³/mol. The fourth-order valence-electron chi connectivity index (χ4n) is 13.6. The number of hydrogen-bond donors (Lipinski definition) is 2. The number of benzene rings is 1. The van der Waals surface area contributed by atoms with Crippen molar-refractivity contribution in [2.24, 2.45) is 52.3 Å². The number of fused-ring (bicyclic) bond motifs is 5. The molecular formula is C59H99N3O7. The van der Waals surface area contributed by atoms with E-state index in [2.05, 4.69) is 58.3 Å². The Morgan fingerprint density at radius 2 is 1.45 bits per heavy atom. The molecule has 0 saturated heterocycles. The van der Waals surface area contributed by atoms with E-state index in [1.54, 1.807) is 7.11 Å². The molecular weight excluding hydrogens is 863 g/mol. The second-order valence-electron chi connectivity index (χ2n) is 25.4. The molecule has 1 aromatic rings. The molecule has 392 valence electrons. The smallest absolute Gasteiger partial charge is 0.410 e. The van der Waals surface area contributed by atoms with Gasteiger partial charge in [0, 0.05) is 30.6 Å². The number of allylic oxidation sites excluding steroid dienone is 1. The monoisotopic (exact) mass is 962 g/mol. The number of nitrogens with one attached hydrogen (secondary N) is 2. The molecule has 0 unspecified atom stereocenters. The van der Waals surface area contributed by atoms with Crippen LogP contribution in [-0.2, 0) is 20.8 Å². The number of ether oxygens (including phenoxy) is 4. The number of rotatable bonds is 23. The SMILES string of the molecule is CC[C@H](CC[C@@H](C)[C@H]1CC[C@H]2[C@@H]3CC=C4C[C@@H](OC(=O)N(CCCCCCCC(C)(C)NC(=O)OCc5ccc(OC)cc5)CCC(C)(C)NC(=O)OC(C)(C)C)CC[C@]4(C)[C@H]3CC[C@]12C)C(C)C. The second kappa shape index (κ2) is 24.3. The van der Waals surface area contributed by atoms with E-state index < -0.39 is 28.9 Å². The van der Waals surface area contributed by atoms with Crippen molar-refractivity contribution >= 4 is 18.3 Å². The van der Waals surface area contributed by atoms with Crippen LogP contribution in [0.25, 0.3) is 0 Å². The molecule has 3 amide bonds. The molecule has 10 heteroatoms. The van der Waals surface area contributed by atoms with Gasteiger partial charge in [-0.25, -0.2) is 14.4 Å². The molecule has 4 aliphatic carbocycles. The van der Waals surface area contributed by atoms with E-state index in [0.29, 0.717) is 24.9 Å². The van der Waals surface area contributed by atoms with Crippen LogP contribution in [0.2, 0.25) is 0 Å². The maximum atomic E-state index is 14.2. The number of amides is 3. The molecule has 69 heavy (non-hydrogen) atoms. The topological polar surface area (TPSA) is 115 Å². The fourth-order valence-corrected chi connectivity index (χ4v) is 13.6. The van der Waals surface area contributed by atoms with Crippen LogP contribution in [0.3, 0.4) is 0 Å². The molecule has 10 nitrogen and oxygen atoms in total. The zero-order valence-electron chi connectivity index (χ0n) is 46.2. The van der Waals surface area contributed by atoms with E-state index in [1.165, 1.54) is 56.9 Å². The lowest BCUT2D eigenvalue weighted by atomic mass is 9.47. The lowest BCUT2D eigenvalue weighted by Gasteiger charge is -2.58. The molecule has 0 aromatic heterocycles. The summed E-state index contributed by atoms with van der Waals surface area (Å²) in [6.07, 6.45) is 21.2.